The van der Waals surface area contributed by atoms with Crippen LogP contribution in [0.15, 0.2) is 52.1 Å². The summed E-state index contributed by atoms with van der Waals surface area (Å²) in [7, 11) is -3.88. The molecule has 0 amide bonds. The number of nitrogens with one attached hydrogen (secondary N) is 1. The molecule has 29 heavy (non-hydrogen) atoms. The number of ether oxygens (including phenoxy) is 1. The molecule has 150 valence electrons. The average molecular weight is 412 g/mol. The van der Waals surface area contributed by atoms with Gasteiger partial charge >= 0.3 is 0 Å². The second kappa shape index (κ2) is 7.71. The zero-order chi connectivity index (χ0) is 20.4. The van der Waals surface area contributed by atoms with Crippen molar-refractivity contribution in [3.63, 3.8) is 0 Å². The number of pyridine rings is 1. The summed E-state index contributed by atoms with van der Waals surface area (Å²) in [4.78, 5) is 14.9. The predicted molar refractivity (Wildman–Crippen MR) is 107 cm³/mol. The van der Waals surface area contributed by atoms with E-state index in [1.165, 1.54) is 12.3 Å². The molecular formula is C21H20N2O5S. The van der Waals surface area contributed by atoms with Gasteiger partial charge in [0, 0.05) is 11.8 Å². The van der Waals surface area contributed by atoms with Gasteiger partial charge in [0.25, 0.3) is 10.0 Å². The first-order valence-corrected chi connectivity index (χ1v) is 10.7. The fourth-order valence-electron chi connectivity index (χ4n) is 3.29. The second-order valence-corrected chi connectivity index (χ2v) is 8.54. The second-order valence-electron chi connectivity index (χ2n) is 6.93. The minimum absolute atomic E-state index is 0.145. The Morgan fingerprint density at radius 1 is 1.17 bits per heavy atom. The normalized spacial score (nSPS) is 13.1. The molecule has 1 aliphatic carbocycles. The lowest BCUT2D eigenvalue weighted by molar-refractivity contribution is 0.112. The monoisotopic (exact) mass is 412 g/mol. The van der Waals surface area contributed by atoms with Gasteiger partial charge in [0.15, 0.2) is 6.29 Å². The summed E-state index contributed by atoms with van der Waals surface area (Å²) in [6.07, 6.45) is 5.05. The van der Waals surface area contributed by atoms with E-state index in [1.54, 1.807) is 25.1 Å². The molecule has 1 aromatic carbocycles. The molecular weight excluding hydrogens is 392 g/mol. The van der Waals surface area contributed by atoms with Gasteiger partial charge in [0.1, 0.15) is 18.1 Å². The van der Waals surface area contributed by atoms with Gasteiger partial charge in [-0.1, -0.05) is 0 Å². The summed E-state index contributed by atoms with van der Waals surface area (Å²) in [5.41, 5.74) is 3.74. The zero-order valence-electron chi connectivity index (χ0n) is 15.8. The van der Waals surface area contributed by atoms with Crippen LogP contribution in [0, 0.1) is 6.92 Å². The Bertz CT molecular complexity index is 1150. The summed E-state index contributed by atoms with van der Waals surface area (Å²) < 4.78 is 39.2. The van der Waals surface area contributed by atoms with Gasteiger partial charge in [0.05, 0.1) is 11.4 Å². The van der Waals surface area contributed by atoms with E-state index in [-0.39, 0.29) is 11.7 Å². The van der Waals surface area contributed by atoms with Crippen molar-refractivity contribution in [1.29, 1.82) is 0 Å². The molecule has 0 bridgehead atoms. The number of furan rings is 1. The number of aryl methyl sites for hydroxylation is 3. The molecule has 2 aromatic heterocycles. The summed E-state index contributed by atoms with van der Waals surface area (Å²) in [5.74, 6) is 0.944. The average Bonchev–Trinajstić information content (AvgIpc) is 3.35. The van der Waals surface area contributed by atoms with Gasteiger partial charge in [-0.25, -0.2) is 0 Å². The number of sulfonamides is 1. The first-order chi connectivity index (χ1) is 13.9. The van der Waals surface area contributed by atoms with Gasteiger partial charge < -0.3 is 9.15 Å². The van der Waals surface area contributed by atoms with Crippen LogP contribution in [0.5, 0.6) is 5.75 Å². The van der Waals surface area contributed by atoms with Crippen molar-refractivity contribution >= 4 is 22.0 Å². The highest BCUT2D eigenvalue weighted by atomic mass is 32.2. The van der Waals surface area contributed by atoms with Crippen LogP contribution in [0.25, 0.3) is 0 Å². The molecule has 0 saturated carbocycles. The van der Waals surface area contributed by atoms with Crippen molar-refractivity contribution in [3.8, 4) is 5.75 Å². The third-order valence-electron chi connectivity index (χ3n) is 4.78. The molecule has 3 aromatic rings. The third kappa shape index (κ3) is 4.17. The van der Waals surface area contributed by atoms with E-state index in [4.69, 9.17) is 9.15 Å². The Kier molecular flexibility index (Phi) is 5.10. The number of benzene rings is 1. The first-order valence-electron chi connectivity index (χ1n) is 9.22. The summed E-state index contributed by atoms with van der Waals surface area (Å²) >= 11 is 0. The number of fused-ring (bicyclic) bond motifs is 1. The number of rotatable bonds is 7. The molecule has 0 aliphatic heterocycles. The number of carbonyl (C=O) groups is 1. The highest BCUT2D eigenvalue weighted by Crippen LogP contribution is 2.35. The standard InChI is InChI=1S/C21H20N2O5S/c1-14-5-8-21(28-14)29(25,26)23-19-9-16-3-2-4-17(16)10-20(19)27-13-18-7-6-15(12-24)11-22-18/h5-12,23H,2-4,13H2,1H3. The predicted octanol–water partition coefficient (Wildman–Crippen LogP) is 3.66. The van der Waals surface area contributed by atoms with Crippen LogP contribution in [-0.2, 0) is 29.5 Å². The van der Waals surface area contributed by atoms with Crippen molar-refractivity contribution in [3.05, 3.63) is 70.7 Å². The number of hydrogen-bond acceptors (Lipinski definition) is 6. The number of nitrogens with zero attached hydrogens (tertiary/aromatic N) is 1. The van der Waals surface area contributed by atoms with E-state index in [2.05, 4.69) is 9.71 Å². The van der Waals surface area contributed by atoms with Crippen molar-refractivity contribution in [2.45, 2.75) is 37.9 Å². The van der Waals surface area contributed by atoms with Gasteiger partial charge in [-0.15, -0.1) is 0 Å². The smallest absolute Gasteiger partial charge is 0.295 e. The minimum atomic E-state index is -3.88. The molecule has 7 nitrogen and oxygen atoms in total. The Morgan fingerprint density at radius 2 is 1.97 bits per heavy atom. The van der Waals surface area contributed by atoms with E-state index in [9.17, 15) is 13.2 Å². The number of carbonyl (C=O) groups excluding carboxylic acids is 1. The van der Waals surface area contributed by atoms with Crippen LogP contribution in [0.4, 0.5) is 5.69 Å². The Balaban J connectivity index is 1.61. The van der Waals surface area contributed by atoms with E-state index in [1.807, 2.05) is 12.1 Å². The van der Waals surface area contributed by atoms with Gasteiger partial charge in [-0.3, -0.25) is 14.5 Å². The highest BCUT2D eigenvalue weighted by molar-refractivity contribution is 7.92. The Hall–Kier alpha value is -3.13. The zero-order valence-corrected chi connectivity index (χ0v) is 16.7. The van der Waals surface area contributed by atoms with Crippen molar-refractivity contribution in [1.82, 2.24) is 4.98 Å². The molecule has 8 heteroatoms. The number of aromatic nitrogens is 1. The summed E-state index contributed by atoms with van der Waals surface area (Å²) in [6, 6.07) is 10.1. The Labute approximate surface area is 168 Å². The van der Waals surface area contributed by atoms with Crippen molar-refractivity contribution in [2.75, 3.05) is 4.72 Å². The molecule has 2 heterocycles. The van der Waals surface area contributed by atoms with E-state index >= 15 is 0 Å². The summed E-state index contributed by atoms with van der Waals surface area (Å²) in [6.45, 7) is 1.83. The minimum Gasteiger partial charge on any atom is -0.485 e. The van der Waals surface area contributed by atoms with Crippen LogP contribution in [0.1, 0.15) is 39.4 Å². The lowest BCUT2D eigenvalue weighted by Crippen LogP contribution is -2.14. The van der Waals surface area contributed by atoms with E-state index in [0.29, 0.717) is 28.5 Å². The number of anilines is 1. The quantitative estimate of drug-likeness (QED) is 0.595. The molecule has 1 aliphatic rings. The largest absolute Gasteiger partial charge is 0.485 e. The van der Waals surface area contributed by atoms with Crippen molar-refractivity contribution < 1.29 is 22.4 Å². The SMILES string of the molecule is Cc1ccc(S(=O)(=O)Nc2cc3c(cc2OCc2ccc(C=O)cn2)CCC3)o1. The van der Waals surface area contributed by atoms with Crippen LogP contribution < -0.4 is 9.46 Å². The lowest BCUT2D eigenvalue weighted by Gasteiger charge is -2.15. The van der Waals surface area contributed by atoms with Crippen LogP contribution in [-0.4, -0.2) is 19.7 Å². The topological polar surface area (TPSA) is 98.5 Å². The van der Waals surface area contributed by atoms with Crippen LogP contribution >= 0.6 is 0 Å². The fourth-order valence-corrected chi connectivity index (χ4v) is 4.33. The molecule has 0 fully saturated rings. The molecule has 0 atom stereocenters. The highest BCUT2D eigenvalue weighted by Gasteiger charge is 2.23. The maximum Gasteiger partial charge on any atom is 0.295 e. The molecule has 0 unspecified atom stereocenters. The Morgan fingerprint density at radius 3 is 2.62 bits per heavy atom. The molecule has 4 rings (SSSR count). The van der Waals surface area contributed by atoms with Gasteiger partial charge in [0.2, 0.25) is 5.09 Å². The molecule has 1 N–H and O–H groups in total. The van der Waals surface area contributed by atoms with Crippen LogP contribution in [0.2, 0.25) is 0 Å². The molecule has 0 saturated heterocycles. The van der Waals surface area contributed by atoms with Gasteiger partial charge in [-0.2, -0.15) is 8.42 Å². The fraction of sp³-hybridized carbons (Fsp3) is 0.238. The first kappa shape index (κ1) is 19.2. The van der Waals surface area contributed by atoms with Crippen molar-refractivity contribution in [2.24, 2.45) is 0 Å². The summed E-state index contributed by atoms with van der Waals surface area (Å²) in [5, 5.41) is -0.146. The van der Waals surface area contributed by atoms with Gasteiger partial charge in [-0.05, 0) is 73.7 Å². The molecule has 0 spiro atoms. The van der Waals surface area contributed by atoms with E-state index < -0.39 is 10.0 Å². The maximum absolute atomic E-state index is 12.7. The lowest BCUT2D eigenvalue weighted by atomic mass is 10.1. The van der Waals surface area contributed by atoms with Crippen LogP contribution in [0.3, 0.4) is 0 Å². The third-order valence-corrected chi connectivity index (χ3v) is 6.02. The molecule has 0 radical (unpaired) electrons. The number of aldehydes is 1. The van der Waals surface area contributed by atoms with E-state index in [0.717, 1.165) is 36.7 Å². The maximum atomic E-state index is 12.7. The number of hydrogen-bond donors (Lipinski definition) is 1.